The van der Waals surface area contributed by atoms with Gasteiger partial charge in [-0.15, -0.1) is 0 Å². The zero-order chi connectivity index (χ0) is 20.5. The number of likely N-dealkylation sites (N-methyl/N-ethyl adjacent to an activating group) is 1. The van der Waals surface area contributed by atoms with Crippen molar-refractivity contribution in [2.24, 2.45) is 5.92 Å². The van der Waals surface area contributed by atoms with E-state index in [2.05, 4.69) is 16.7 Å². The minimum absolute atomic E-state index is 0.0211. The van der Waals surface area contributed by atoms with E-state index in [1.165, 1.54) is 0 Å². The number of amides is 2. The molecule has 0 radical (unpaired) electrons. The first-order chi connectivity index (χ1) is 14.0. The number of rotatable bonds is 4. The number of benzene rings is 1. The predicted octanol–water partition coefficient (Wildman–Crippen LogP) is 2.58. The van der Waals surface area contributed by atoms with Gasteiger partial charge in [-0.2, -0.15) is 0 Å². The first-order valence-electron chi connectivity index (χ1n) is 10.5. The maximum absolute atomic E-state index is 13.1. The minimum atomic E-state index is -0.583. The Hall–Kier alpha value is -1.34. The van der Waals surface area contributed by atoms with Gasteiger partial charge in [-0.3, -0.25) is 14.5 Å². The van der Waals surface area contributed by atoms with E-state index >= 15 is 0 Å². The van der Waals surface area contributed by atoms with Crippen molar-refractivity contribution in [3.05, 3.63) is 28.2 Å². The van der Waals surface area contributed by atoms with E-state index in [4.69, 9.17) is 23.2 Å². The van der Waals surface area contributed by atoms with Gasteiger partial charge in [-0.25, -0.2) is 0 Å². The number of carbonyl (C=O) groups excluding carboxylic acids is 2. The summed E-state index contributed by atoms with van der Waals surface area (Å²) in [6.07, 6.45) is 1.55. The van der Waals surface area contributed by atoms with Gasteiger partial charge in [0.05, 0.1) is 10.0 Å². The molecule has 158 valence electrons. The third kappa shape index (κ3) is 4.26. The maximum Gasteiger partial charge on any atom is 0.239 e. The Morgan fingerprint density at radius 3 is 2.48 bits per heavy atom. The smallest absolute Gasteiger partial charge is 0.239 e. The molecular weight excluding hydrogens is 411 g/mol. The van der Waals surface area contributed by atoms with Gasteiger partial charge in [0.2, 0.25) is 11.8 Å². The highest BCUT2D eigenvalue weighted by Gasteiger charge is 2.42. The van der Waals surface area contributed by atoms with Gasteiger partial charge in [-0.1, -0.05) is 30.1 Å². The lowest BCUT2D eigenvalue weighted by Gasteiger charge is -2.37. The molecule has 0 bridgehead atoms. The van der Waals surface area contributed by atoms with Crippen molar-refractivity contribution >= 4 is 40.7 Å². The number of piperazine rings is 1. The topological polar surface area (TPSA) is 47.1 Å². The molecule has 8 heteroatoms. The van der Waals surface area contributed by atoms with E-state index in [9.17, 15) is 9.59 Å². The van der Waals surface area contributed by atoms with Gasteiger partial charge in [0.1, 0.15) is 5.92 Å². The van der Waals surface area contributed by atoms with Crippen molar-refractivity contribution in [3.8, 4) is 0 Å². The highest BCUT2D eigenvalue weighted by atomic mass is 35.5. The van der Waals surface area contributed by atoms with Crippen LogP contribution in [0.1, 0.15) is 19.8 Å². The summed E-state index contributed by atoms with van der Waals surface area (Å²) in [5.74, 6) is -0.735. The molecular formula is C21H28Cl2N4O2. The third-order valence-electron chi connectivity index (χ3n) is 6.56. The normalized spacial score (nSPS) is 26.5. The Kier molecular flexibility index (Phi) is 6.35. The summed E-state index contributed by atoms with van der Waals surface area (Å²) in [4.78, 5) is 34.6. The molecule has 3 heterocycles. The van der Waals surface area contributed by atoms with Crippen LogP contribution in [0.3, 0.4) is 0 Å². The monoisotopic (exact) mass is 438 g/mol. The second kappa shape index (κ2) is 8.80. The Bertz CT molecular complexity index is 782. The summed E-state index contributed by atoms with van der Waals surface area (Å²) in [6.45, 7) is 9.64. The summed E-state index contributed by atoms with van der Waals surface area (Å²) >= 11 is 12.1. The molecule has 0 aliphatic carbocycles. The molecule has 0 N–H and O–H groups in total. The molecule has 0 spiro atoms. The largest absolute Gasteiger partial charge is 0.340 e. The summed E-state index contributed by atoms with van der Waals surface area (Å²) in [5, 5.41) is 0.870. The SMILES string of the molecule is CCN1CCN(C2CCN(C(=O)C3CCN(c4ccc(Cl)c(Cl)c4)C3=O)C2)CC1. The summed E-state index contributed by atoms with van der Waals surface area (Å²) in [7, 11) is 0. The first-order valence-corrected chi connectivity index (χ1v) is 11.2. The summed E-state index contributed by atoms with van der Waals surface area (Å²) < 4.78 is 0. The fourth-order valence-corrected chi connectivity index (χ4v) is 5.02. The van der Waals surface area contributed by atoms with E-state index in [-0.39, 0.29) is 11.8 Å². The molecule has 1 aromatic carbocycles. The molecule has 0 saturated carbocycles. The van der Waals surface area contributed by atoms with Crippen LogP contribution in [0.4, 0.5) is 5.69 Å². The van der Waals surface area contributed by atoms with Crippen molar-refractivity contribution in [3.63, 3.8) is 0 Å². The van der Waals surface area contributed by atoms with Crippen LogP contribution in [0, 0.1) is 5.92 Å². The molecule has 2 atom stereocenters. The van der Waals surface area contributed by atoms with Gasteiger partial charge < -0.3 is 14.7 Å². The van der Waals surface area contributed by atoms with Crippen molar-refractivity contribution in [2.45, 2.75) is 25.8 Å². The fraction of sp³-hybridized carbons (Fsp3) is 0.619. The molecule has 3 aliphatic rings. The highest BCUT2D eigenvalue weighted by Crippen LogP contribution is 2.32. The average Bonchev–Trinajstić information content (AvgIpc) is 3.37. The van der Waals surface area contributed by atoms with Crippen LogP contribution in [0.15, 0.2) is 18.2 Å². The lowest BCUT2D eigenvalue weighted by Crippen LogP contribution is -2.51. The predicted molar refractivity (Wildman–Crippen MR) is 116 cm³/mol. The quantitative estimate of drug-likeness (QED) is 0.677. The van der Waals surface area contributed by atoms with Crippen LogP contribution in [-0.4, -0.2) is 84.9 Å². The van der Waals surface area contributed by atoms with E-state index in [1.807, 2.05) is 4.90 Å². The number of nitrogens with zero attached hydrogens (tertiary/aromatic N) is 4. The first kappa shape index (κ1) is 20.9. The van der Waals surface area contributed by atoms with Gasteiger partial charge in [0.15, 0.2) is 0 Å². The Balaban J connectivity index is 1.35. The molecule has 4 rings (SSSR count). The fourth-order valence-electron chi connectivity index (χ4n) is 4.72. The molecule has 3 fully saturated rings. The Labute approximate surface area is 182 Å². The van der Waals surface area contributed by atoms with E-state index < -0.39 is 5.92 Å². The number of hydrogen-bond donors (Lipinski definition) is 0. The maximum atomic E-state index is 13.1. The van der Waals surface area contributed by atoms with Crippen LogP contribution in [0.2, 0.25) is 10.0 Å². The zero-order valence-electron chi connectivity index (χ0n) is 16.8. The molecule has 1 aromatic rings. The molecule has 2 unspecified atom stereocenters. The number of carbonyl (C=O) groups is 2. The molecule has 0 aromatic heterocycles. The lowest BCUT2D eigenvalue weighted by molar-refractivity contribution is -0.139. The van der Waals surface area contributed by atoms with Gasteiger partial charge in [0, 0.05) is 57.5 Å². The summed E-state index contributed by atoms with van der Waals surface area (Å²) in [6, 6.07) is 5.57. The molecule has 3 aliphatic heterocycles. The molecule has 2 amide bonds. The van der Waals surface area contributed by atoms with Gasteiger partial charge >= 0.3 is 0 Å². The zero-order valence-corrected chi connectivity index (χ0v) is 18.3. The van der Waals surface area contributed by atoms with Crippen molar-refractivity contribution in [1.29, 1.82) is 0 Å². The van der Waals surface area contributed by atoms with Crippen molar-refractivity contribution < 1.29 is 9.59 Å². The van der Waals surface area contributed by atoms with Gasteiger partial charge in [-0.05, 0) is 37.6 Å². The third-order valence-corrected chi connectivity index (χ3v) is 7.30. The van der Waals surface area contributed by atoms with Crippen LogP contribution in [0.25, 0.3) is 0 Å². The Morgan fingerprint density at radius 2 is 1.79 bits per heavy atom. The van der Waals surface area contributed by atoms with E-state index in [0.29, 0.717) is 34.7 Å². The van der Waals surface area contributed by atoms with Crippen LogP contribution >= 0.6 is 23.2 Å². The second-order valence-corrected chi connectivity index (χ2v) is 8.94. The minimum Gasteiger partial charge on any atom is -0.340 e. The standard InChI is InChI=1S/C21H28Cl2N4O2/c1-2-24-9-11-25(12-10-24)16-5-7-26(14-16)20(28)17-6-8-27(21(17)29)15-3-4-18(22)19(23)13-15/h3-4,13,16-17H,2,5-12,14H2,1H3. The van der Waals surface area contributed by atoms with Crippen molar-refractivity contribution in [2.75, 3.05) is 57.3 Å². The van der Waals surface area contributed by atoms with Crippen molar-refractivity contribution in [1.82, 2.24) is 14.7 Å². The molecule has 3 saturated heterocycles. The highest BCUT2D eigenvalue weighted by molar-refractivity contribution is 6.42. The lowest BCUT2D eigenvalue weighted by atomic mass is 10.1. The molecule has 6 nitrogen and oxygen atoms in total. The number of hydrogen-bond acceptors (Lipinski definition) is 4. The number of halogens is 2. The van der Waals surface area contributed by atoms with Crippen LogP contribution in [-0.2, 0) is 9.59 Å². The number of anilines is 1. The molecule has 29 heavy (non-hydrogen) atoms. The van der Waals surface area contributed by atoms with E-state index in [1.54, 1.807) is 23.1 Å². The van der Waals surface area contributed by atoms with Crippen LogP contribution in [0.5, 0.6) is 0 Å². The summed E-state index contributed by atoms with van der Waals surface area (Å²) in [5.41, 5.74) is 0.702. The number of likely N-dealkylation sites (tertiary alicyclic amines) is 1. The average molecular weight is 439 g/mol. The van der Waals surface area contributed by atoms with E-state index in [0.717, 1.165) is 52.2 Å². The second-order valence-electron chi connectivity index (χ2n) is 8.13. The van der Waals surface area contributed by atoms with Crippen LogP contribution < -0.4 is 4.90 Å². The van der Waals surface area contributed by atoms with Gasteiger partial charge in [0.25, 0.3) is 0 Å². The Morgan fingerprint density at radius 1 is 1.03 bits per heavy atom.